The van der Waals surface area contributed by atoms with Gasteiger partial charge in [-0.15, -0.1) is 0 Å². The Labute approximate surface area is 145 Å². The van der Waals surface area contributed by atoms with E-state index in [0.29, 0.717) is 5.82 Å². The largest absolute Gasteiger partial charge is 0.364 e. The fourth-order valence-corrected chi connectivity index (χ4v) is 3.48. The number of fused-ring (bicyclic) bond motifs is 1. The Kier molecular flexibility index (Phi) is 3.78. The van der Waals surface area contributed by atoms with Crippen molar-refractivity contribution in [3.8, 4) is 5.82 Å². The number of hydrogen-bond donors (Lipinski definition) is 2. The Morgan fingerprint density at radius 1 is 1.32 bits per heavy atom. The van der Waals surface area contributed by atoms with E-state index in [9.17, 15) is 9.59 Å². The molecule has 0 aliphatic heterocycles. The molecule has 0 radical (unpaired) electrons. The van der Waals surface area contributed by atoms with Crippen LogP contribution in [-0.2, 0) is 11.2 Å². The van der Waals surface area contributed by atoms with Crippen LogP contribution >= 0.6 is 0 Å². The van der Waals surface area contributed by atoms with Crippen molar-refractivity contribution in [2.24, 2.45) is 11.7 Å². The summed E-state index contributed by atoms with van der Waals surface area (Å²) < 4.78 is 1.71. The molecule has 1 unspecified atom stereocenters. The molecule has 1 atom stereocenters. The second-order valence-electron chi connectivity index (χ2n) is 6.90. The van der Waals surface area contributed by atoms with Gasteiger partial charge in [0.15, 0.2) is 11.5 Å². The first kappa shape index (κ1) is 15.8. The van der Waals surface area contributed by atoms with E-state index in [1.165, 1.54) is 0 Å². The van der Waals surface area contributed by atoms with Crippen LogP contribution in [0.4, 0.5) is 0 Å². The van der Waals surface area contributed by atoms with Crippen molar-refractivity contribution >= 4 is 11.8 Å². The minimum atomic E-state index is -0.574. The van der Waals surface area contributed by atoms with E-state index < -0.39 is 5.91 Å². The van der Waals surface area contributed by atoms with Crippen LogP contribution in [0, 0.1) is 12.8 Å². The number of amides is 2. The van der Waals surface area contributed by atoms with Gasteiger partial charge in [-0.2, -0.15) is 5.10 Å². The van der Waals surface area contributed by atoms with Crippen molar-refractivity contribution in [3.05, 3.63) is 40.8 Å². The van der Waals surface area contributed by atoms with Crippen LogP contribution in [0.5, 0.6) is 0 Å². The molecule has 1 saturated carbocycles. The van der Waals surface area contributed by atoms with Crippen LogP contribution < -0.4 is 11.1 Å². The first-order chi connectivity index (χ1) is 12.0. The van der Waals surface area contributed by atoms with Gasteiger partial charge in [0.05, 0.1) is 11.7 Å². The minimum absolute atomic E-state index is 0.0645. The topological polar surface area (TPSA) is 103 Å². The van der Waals surface area contributed by atoms with E-state index in [1.807, 2.05) is 19.1 Å². The number of hydrogen-bond acceptors (Lipinski definition) is 4. The SMILES string of the molecule is Cc1ccnc(-n2nc(C(N)=O)c3c2CCCC3NC(=O)C2CC2)c1. The van der Waals surface area contributed by atoms with Crippen molar-refractivity contribution in [1.29, 1.82) is 0 Å². The first-order valence-corrected chi connectivity index (χ1v) is 8.69. The summed E-state index contributed by atoms with van der Waals surface area (Å²) in [6.07, 6.45) is 6.09. The second-order valence-corrected chi connectivity index (χ2v) is 6.90. The zero-order chi connectivity index (χ0) is 17.6. The van der Waals surface area contributed by atoms with Crippen molar-refractivity contribution in [1.82, 2.24) is 20.1 Å². The molecule has 25 heavy (non-hydrogen) atoms. The van der Waals surface area contributed by atoms with E-state index in [-0.39, 0.29) is 23.6 Å². The molecular formula is C18H21N5O2. The summed E-state index contributed by atoms with van der Waals surface area (Å²) in [6, 6.07) is 3.62. The van der Waals surface area contributed by atoms with Gasteiger partial charge in [0.1, 0.15) is 0 Å². The maximum atomic E-state index is 12.2. The number of nitrogens with one attached hydrogen (secondary N) is 1. The molecule has 3 N–H and O–H groups in total. The van der Waals surface area contributed by atoms with Gasteiger partial charge >= 0.3 is 0 Å². The molecule has 2 heterocycles. The number of primary amides is 1. The zero-order valence-corrected chi connectivity index (χ0v) is 14.2. The molecular weight excluding hydrogens is 318 g/mol. The van der Waals surface area contributed by atoms with Gasteiger partial charge in [-0.05, 0) is 56.7 Å². The summed E-state index contributed by atoms with van der Waals surface area (Å²) in [5.41, 5.74) is 8.55. The highest BCUT2D eigenvalue weighted by molar-refractivity contribution is 5.93. The lowest BCUT2D eigenvalue weighted by Gasteiger charge is -2.24. The van der Waals surface area contributed by atoms with Crippen molar-refractivity contribution in [2.45, 2.75) is 45.1 Å². The van der Waals surface area contributed by atoms with Crippen LogP contribution in [0.25, 0.3) is 5.82 Å². The van der Waals surface area contributed by atoms with Gasteiger partial charge in [-0.25, -0.2) is 9.67 Å². The molecule has 4 rings (SSSR count). The Balaban J connectivity index is 1.78. The molecule has 2 amide bonds. The smallest absolute Gasteiger partial charge is 0.269 e. The van der Waals surface area contributed by atoms with Crippen LogP contribution in [0.15, 0.2) is 18.3 Å². The third kappa shape index (κ3) is 2.90. The van der Waals surface area contributed by atoms with E-state index >= 15 is 0 Å². The Bertz CT molecular complexity index is 853. The summed E-state index contributed by atoms with van der Waals surface area (Å²) in [6.45, 7) is 1.98. The number of carbonyl (C=O) groups excluding carboxylic acids is 2. The molecule has 1 fully saturated rings. The maximum Gasteiger partial charge on any atom is 0.269 e. The predicted molar refractivity (Wildman–Crippen MR) is 91.2 cm³/mol. The van der Waals surface area contributed by atoms with Gasteiger partial charge < -0.3 is 11.1 Å². The molecule has 0 spiro atoms. The molecule has 2 aromatic rings. The average molecular weight is 339 g/mol. The third-order valence-electron chi connectivity index (χ3n) is 4.89. The Morgan fingerprint density at radius 3 is 2.80 bits per heavy atom. The minimum Gasteiger partial charge on any atom is -0.364 e. The second kappa shape index (κ2) is 5.98. The number of carbonyl (C=O) groups is 2. The number of nitrogens with two attached hydrogens (primary N) is 1. The molecule has 130 valence electrons. The van der Waals surface area contributed by atoms with Crippen molar-refractivity contribution in [3.63, 3.8) is 0 Å². The van der Waals surface area contributed by atoms with Gasteiger partial charge in [-0.1, -0.05) is 0 Å². The van der Waals surface area contributed by atoms with Gasteiger partial charge in [0.2, 0.25) is 5.91 Å². The maximum absolute atomic E-state index is 12.2. The summed E-state index contributed by atoms with van der Waals surface area (Å²) in [4.78, 5) is 28.6. The van der Waals surface area contributed by atoms with Crippen LogP contribution in [-0.4, -0.2) is 26.6 Å². The van der Waals surface area contributed by atoms with Crippen LogP contribution in [0.3, 0.4) is 0 Å². The molecule has 0 aromatic carbocycles. The van der Waals surface area contributed by atoms with E-state index in [4.69, 9.17) is 5.73 Å². The molecule has 7 nitrogen and oxygen atoms in total. The fourth-order valence-electron chi connectivity index (χ4n) is 3.48. The third-order valence-corrected chi connectivity index (χ3v) is 4.89. The van der Waals surface area contributed by atoms with E-state index in [2.05, 4.69) is 15.4 Å². The molecule has 0 saturated heterocycles. The highest BCUT2D eigenvalue weighted by Gasteiger charge is 2.36. The van der Waals surface area contributed by atoms with E-state index in [1.54, 1.807) is 10.9 Å². The Morgan fingerprint density at radius 2 is 2.12 bits per heavy atom. The normalized spacial score (nSPS) is 19.3. The van der Waals surface area contributed by atoms with Crippen molar-refractivity contribution < 1.29 is 9.59 Å². The number of aromatic nitrogens is 3. The lowest BCUT2D eigenvalue weighted by Crippen LogP contribution is -2.33. The zero-order valence-electron chi connectivity index (χ0n) is 14.2. The molecule has 0 bridgehead atoms. The van der Waals surface area contributed by atoms with Gasteiger partial charge in [-0.3, -0.25) is 9.59 Å². The summed E-state index contributed by atoms with van der Waals surface area (Å²) in [7, 11) is 0. The summed E-state index contributed by atoms with van der Waals surface area (Å²) in [5.74, 6) is 0.277. The highest BCUT2D eigenvalue weighted by atomic mass is 16.2. The quantitative estimate of drug-likeness (QED) is 0.882. The number of aryl methyl sites for hydroxylation is 1. The van der Waals surface area contributed by atoms with Gasteiger partial charge in [0, 0.05) is 17.7 Å². The standard InChI is InChI=1S/C18H21N5O2/c1-10-7-8-20-14(9-10)23-13-4-2-3-12(21-18(25)11-5-6-11)15(13)16(22-23)17(19)24/h7-9,11-12H,2-6H2,1H3,(H2,19,24)(H,21,25). The number of rotatable bonds is 4. The highest BCUT2D eigenvalue weighted by Crippen LogP contribution is 2.36. The Hall–Kier alpha value is -2.70. The molecule has 2 aliphatic carbocycles. The number of nitrogens with zero attached hydrogens (tertiary/aromatic N) is 3. The average Bonchev–Trinajstić information content (AvgIpc) is 3.35. The van der Waals surface area contributed by atoms with Gasteiger partial charge in [0.25, 0.3) is 5.91 Å². The summed E-state index contributed by atoms with van der Waals surface area (Å²) in [5, 5.41) is 7.54. The fraction of sp³-hybridized carbons (Fsp3) is 0.444. The first-order valence-electron chi connectivity index (χ1n) is 8.69. The van der Waals surface area contributed by atoms with Crippen LogP contribution in [0.1, 0.15) is 59.0 Å². The van der Waals surface area contributed by atoms with E-state index in [0.717, 1.165) is 48.9 Å². The van der Waals surface area contributed by atoms with Crippen molar-refractivity contribution in [2.75, 3.05) is 0 Å². The number of pyridine rings is 1. The molecule has 2 aliphatic rings. The summed E-state index contributed by atoms with van der Waals surface area (Å²) >= 11 is 0. The lowest BCUT2D eigenvalue weighted by atomic mass is 9.90. The molecule has 7 heteroatoms. The monoisotopic (exact) mass is 339 g/mol. The molecule has 2 aromatic heterocycles. The van der Waals surface area contributed by atoms with Crippen LogP contribution in [0.2, 0.25) is 0 Å². The predicted octanol–water partition coefficient (Wildman–Crippen LogP) is 1.58. The lowest BCUT2D eigenvalue weighted by molar-refractivity contribution is -0.123.